The van der Waals surface area contributed by atoms with Crippen LogP contribution in [0.2, 0.25) is 0 Å². The van der Waals surface area contributed by atoms with Crippen LogP contribution >= 0.6 is 11.8 Å². The zero-order valence-corrected chi connectivity index (χ0v) is 22.4. The van der Waals surface area contributed by atoms with Crippen molar-refractivity contribution < 1.29 is 8.42 Å². The van der Waals surface area contributed by atoms with Crippen LogP contribution in [-0.4, -0.2) is 48.8 Å². The SMILES string of the molecule is CN/C=C\SC(C)CN(CC(=N)N(Cc1ccccc1)Cc1ccccc1)S(=O)(=O)c1ccccc1. The third-order valence-corrected chi connectivity index (χ3v) is 8.26. The van der Waals surface area contributed by atoms with Crippen LogP contribution in [0.25, 0.3) is 0 Å². The number of thioether (sulfide) groups is 1. The molecule has 6 nitrogen and oxygen atoms in total. The normalized spacial score (nSPS) is 12.5. The van der Waals surface area contributed by atoms with Crippen LogP contribution in [0.15, 0.2) is 107 Å². The van der Waals surface area contributed by atoms with E-state index in [1.807, 2.05) is 91.1 Å². The largest absolute Gasteiger partial charge is 0.394 e. The maximum atomic E-state index is 13.6. The molecule has 1 atom stereocenters. The molecule has 0 saturated carbocycles. The van der Waals surface area contributed by atoms with Crippen LogP contribution in [0.1, 0.15) is 18.1 Å². The molecule has 1 unspecified atom stereocenters. The first kappa shape index (κ1) is 27.5. The molecule has 2 N–H and O–H groups in total. The fourth-order valence-electron chi connectivity index (χ4n) is 3.68. The summed E-state index contributed by atoms with van der Waals surface area (Å²) in [5.41, 5.74) is 2.13. The Kier molecular flexibility index (Phi) is 10.6. The molecular formula is C28H34N4O2S2. The molecule has 0 aliphatic heterocycles. The van der Waals surface area contributed by atoms with E-state index in [1.165, 1.54) is 4.31 Å². The topological polar surface area (TPSA) is 76.5 Å². The molecule has 0 amide bonds. The number of rotatable bonds is 13. The van der Waals surface area contributed by atoms with E-state index in [1.54, 1.807) is 42.1 Å². The van der Waals surface area contributed by atoms with Gasteiger partial charge in [-0.2, -0.15) is 4.31 Å². The van der Waals surface area contributed by atoms with Gasteiger partial charge in [0.15, 0.2) is 0 Å². The molecule has 8 heteroatoms. The lowest BCUT2D eigenvalue weighted by atomic mass is 10.1. The lowest BCUT2D eigenvalue weighted by molar-refractivity contribution is 0.372. The van der Waals surface area contributed by atoms with Gasteiger partial charge in [0.05, 0.1) is 11.4 Å². The molecule has 190 valence electrons. The van der Waals surface area contributed by atoms with E-state index in [-0.39, 0.29) is 29.1 Å². The first-order valence-electron chi connectivity index (χ1n) is 11.8. The fraction of sp³-hybridized carbons (Fsp3) is 0.250. The van der Waals surface area contributed by atoms with Crippen LogP contribution in [0.4, 0.5) is 0 Å². The van der Waals surface area contributed by atoms with Crippen molar-refractivity contribution in [2.45, 2.75) is 30.2 Å². The molecule has 0 bridgehead atoms. The molecule has 0 heterocycles. The summed E-state index contributed by atoms with van der Waals surface area (Å²) in [6.45, 7) is 3.29. The molecule has 3 aromatic rings. The number of sulfonamides is 1. The number of hydrogen-bond donors (Lipinski definition) is 2. The second-order valence-corrected chi connectivity index (χ2v) is 11.7. The molecule has 3 aromatic carbocycles. The summed E-state index contributed by atoms with van der Waals surface area (Å²) in [4.78, 5) is 2.18. The molecule has 3 rings (SSSR count). The van der Waals surface area contributed by atoms with Gasteiger partial charge in [-0.3, -0.25) is 5.41 Å². The van der Waals surface area contributed by atoms with Crippen LogP contribution < -0.4 is 5.32 Å². The van der Waals surface area contributed by atoms with Gasteiger partial charge in [0.25, 0.3) is 0 Å². The third kappa shape index (κ3) is 8.26. The predicted molar refractivity (Wildman–Crippen MR) is 150 cm³/mol. The Hall–Kier alpha value is -3.07. The van der Waals surface area contributed by atoms with Gasteiger partial charge < -0.3 is 10.2 Å². The van der Waals surface area contributed by atoms with E-state index in [9.17, 15) is 8.42 Å². The van der Waals surface area contributed by atoms with Gasteiger partial charge in [-0.05, 0) is 28.7 Å². The first-order valence-corrected chi connectivity index (χ1v) is 14.2. The molecule has 0 saturated heterocycles. The average molecular weight is 523 g/mol. The van der Waals surface area contributed by atoms with Gasteiger partial charge in [0.1, 0.15) is 5.84 Å². The highest BCUT2D eigenvalue weighted by Crippen LogP contribution is 2.21. The monoisotopic (exact) mass is 522 g/mol. The number of nitrogens with zero attached hydrogens (tertiary/aromatic N) is 2. The van der Waals surface area contributed by atoms with Crippen molar-refractivity contribution in [2.24, 2.45) is 0 Å². The number of nitrogens with one attached hydrogen (secondary N) is 2. The van der Waals surface area contributed by atoms with Gasteiger partial charge in [-0.1, -0.05) is 85.8 Å². The number of benzene rings is 3. The summed E-state index contributed by atoms with van der Waals surface area (Å²) < 4.78 is 28.7. The quantitative estimate of drug-likeness (QED) is 0.239. The second-order valence-electron chi connectivity index (χ2n) is 8.42. The van der Waals surface area contributed by atoms with Crippen molar-refractivity contribution in [1.82, 2.24) is 14.5 Å². The summed E-state index contributed by atoms with van der Waals surface area (Å²) >= 11 is 1.55. The summed E-state index contributed by atoms with van der Waals surface area (Å²) in [7, 11) is -1.97. The summed E-state index contributed by atoms with van der Waals surface area (Å²) in [5, 5.41) is 13.9. The number of hydrogen-bond acceptors (Lipinski definition) is 5. The minimum absolute atomic E-state index is 0.00224. The lowest BCUT2D eigenvalue weighted by Crippen LogP contribution is -2.44. The molecule has 0 aliphatic rings. The summed E-state index contributed by atoms with van der Waals surface area (Å²) in [6.07, 6.45) is 1.82. The predicted octanol–water partition coefficient (Wildman–Crippen LogP) is 5.17. The lowest BCUT2D eigenvalue weighted by Gasteiger charge is -2.30. The van der Waals surface area contributed by atoms with Crippen molar-refractivity contribution in [3.05, 3.63) is 114 Å². The average Bonchev–Trinajstić information content (AvgIpc) is 2.90. The van der Waals surface area contributed by atoms with Crippen molar-refractivity contribution in [2.75, 3.05) is 20.1 Å². The van der Waals surface area contributed by atoms with Gasteiger partial charge in [-0.25, -0.2) is 8.42 Å². The van der Waals surface area contributed by atoms with E-state index in [2.05, 4.69) is 5.32 Å². The molecular weight excluding hydrogens is 488 g/mol. The van der Waals surface area contributed by atoms with E-state index < -0.39 is 10.0 Å². The van der Waals surface area contributed by atoms with Gasteiger partial charge >= 0.3 is 0 Å². The standard InChI is InChI=1S/C28H34N4O2S2/c1-24(35-19-18-30-2)20-32(36(33,34)27-16-10-5-11-17-27)23-28(29)31(21-25-12-6-3-7-13-25)22-26-14-8-4-9-15-26/h3-19,24,29-30H,20-23H2,1-2H3/b19-18-,29-28?. The number of amidine groups is 1. The molecule has 0 radical (unpaired) electrons. The van der Waals surface area contributed by atoms with Crippen molar-refractivity contribution in [3.63, 3.8) is 0 Å². The molecule has 36 heavy (non-hydrogen) atoms. The van der Waals surface area contributed by atoms with Crippen molar-refractivity contribution in [3.8, 4) is 0 Å². The van der Waals surface area contributed by atoms with E-state index in [4.69, 9.17) is 5.41 Å². The van der Waals surface area contributed by atoms with Crippen LogP contribution in [0.3, 0.4) is 0 Å². The van der Waals surface area contributed by atoms with Gasteiger partial charge in [-0.15, -0.1) is 11.8 Å². The van der Waals surface area contributed by atoms with E-state index >= 15 is 0 Å². The highest BCUT2D eigenvalue weighted by atomic mass is 32.2. The fourth-order valence-corrected chi connectivity index (χ4v) is 6.04. The Balaban J connectivity index is 1.87. The minimum atomic E-state index is -3.79. The van der Waals surface area contributed by atoms with Crippen LogP contribution in [-0.2, 0) is 23.1 Å². The third-order valence-electron chi connectivity index (χ3n) is 5.53. The highest BCUT2D eigenvalue weighted by molar-refractivity contribution is 8.02. The Bertz CT molecular complexity index is 1160. The zero-order chi connectivity index (χ0) is 25.8. The molecule has 0 aromatic heterocycles. The van der Waals surface area contributed by atoms with E-state index in [0.717, 1.165) is 11.1 Å². The van der Waals surface area contributed by atoms with Crippen LogP contribution in [0.5, 0.6) is 0 Å². The minimum Gasteiger partial charge on any atom is -0.394 e. The Morgan fingerprint density at radius 1 is 0.917 bits per heavy atom. The smallest absolute Gasteiger partial charge is 0.243 e. The highest BCUT2D eigenvalue weighted by Gasteiger charge is 2.28. The zero-order valence-electron chi connectivity index (χ0n) is 20.7. The maximum Gasteiger partial charge on any atom is 0.243 e. The molecule has 0 fully saturated rings. The van der Waals surface area contributed by atoms with Crippen LogP contribution in [0, 0.1) is 5.41 Å². The summed E-state index contributed by atoms with van der Waals surface area (Å²) in [5.74, 6) is 0.255. The Morgan fingerprint density at radius 3 is 1.92 bits per heavy atom. The van der Waals surface area contributed by atoms with Crippen molar-refractivity contribution >= 4 is 27.6 Å². The Morgan fingerprint density at radius 2 is 1.42 bits per heavy atom. The van der Waals surface area contributed by atoms with E-state index in [0.29, 0.717) is 13.1 Å². The first-order chi connectivity index (χ1) is 17.4. The van der Waals surface area contributed by atoms with Gasteiger partial charge in [0.2, 0.25) is 10.0 Å². The summed E-state index contributed by atoms with van der Waals surface area (Å²) in [6, 6.07) is 28.4. The molecule has 0 spiro atoms. The van der Waals surface area contributed by atoms with Crippen molar-refractivity contribution in [1.29, 1.82) is 5.41 Å². The second kappa shape index (κ2) is 13.9. The maximum absolute atomic E-state index is 13.6. The molecule has 0 aliphatic carbocycles. The Labute approximate surface area is 219 Å². The van der Waals surface area contributed by atoms with Gasteiger partial charge in [0, 0.05) is 38.1 Å².